The summed E-state index contributed by atoms with van der Waals surface area (Å²) >= 11 is 0. The smallest absolute Gasteiger partial charge is 0.157 e. The van der Waals surface area contributed by atoms with Gasteiger partial charge in [-0.25, -0.2) is 8.42 Å². The van der Waals surface area contributed by atoms with E-state index in [1.807, 2.05) is 0 Å². The quantitative estimate of drug-likeness (QED) is 0.711. The topological polar surface area (TPSA) is 46.6 Å². The Morgan fingerprint density at radius 2 is 2.12 bits per heavy atom. The Hall–Kier alpha value is 0.300. The molecule has 94 valence electrons. The van der Waals surface area contributed by atoms with Crippen molar-refractivity contribution in [2.24, 2.45) is 0 Å². The van der Waals surface area contributed by atoms with Gasteiger partial charge in [0.15, 0.2) is 9.84 Å². The van der Waals surface area contributed by atoms with E-state index in [0.717, 1.165) is 13.0 Å². The van der Waals surface area contributed by atoms with Crippen LogP contribution in [0.15, 0.2) is 0 Å². The molecule has 0 radical (unpaired) electrons. The number of hydrogen-bond donors (Lipinski definition) is 0. The molecule has 2 aliphatic heterocycles. The van der Waals surface area contributed by atoms with Crippen molar-refractivity contribution < 1.29 is 12.9 Å². The highest BCUT2D eigenvalue weighted by Gasteiger charge is 2.43. The molecular weight excluding hydrogens is 245 g/mol. The highest BCUT2D eigenvalue weighted by atomic mass is 32.2. The lowest BCUT2D eigenvalue weighted by Gasteiger charge is -2.23. The highest BCUT2D eigenvalue weighted by molar-refractivity contribution is 7.92. The summed E-state index contributed by atoms with van der Waals surface area (Å²) in [7, 11) is -2.71. The standard InChI is InChI=1S/C10H20NO3PS/c1-10(2,3)16(12,13)7-9-8-5-4-6-11(8)15-14-9/h8-9,15H,4-7H2,1-3H3/t8-,9+/m0/s1. The molecular formula is C10H20NO3PS. The number of nitrogens with zero attached hydrogens (tertiary/aromatic N) is 1. The Morgan fingerprint density at radius 3 is 2.75 bits per heavy atom. The second-order valence-corrected chi connectivity index (χ2v) is 9.32. The average molecular weight is 265 g/mol. The fraction of sp³-hybridized carbons (Fsp3) is 1.00. The van der Waals surface area contributed by atoms with E-state index in [4.69, 9.17) is 4.52 Å². The van der Waals surface area contributed by atoms with Crippen LogP contribution in [-0.2, 0) is 14.4 Å². The number of fused-ring (bicyclic) bond motifs is 1. The lowest BCUT2D eigenvalue weighted by Crippen LogP contribution is -2.39. The fourth-order valence-electron chi connectivity index (χ4n) is 2.12. The van der Waals surface area contributed by atoms with Crippen molar-refractivity contribution in [3.8, 4) is 0 Å². The fourth-order valence-corrected chi connectivity index (χ4v) is 4.65. The van der Waals surface area contributed by atoms with E-state index in [-0.39, 0.29) is 11.9 Å². The molecule has 0 bridgehead atoms. The summed E-state index contributed by atoms with van der Waals surface area (Å²) in [6.07, 6.45) is 2.15. The summed E-state index contributed by atoms with van der Waals surface area (Å²) in [5, 5.41) is 0. The molecule has 2 fully saturated rings. The molecule has 2 aliphatic rings. The van der Waals surface area contributed by atoms with Gasteiger partial charge in [0.1, 0.15) is 0 Å². The predicted octanol–water partition coefficient (Wildman–Crippen LogP) is 1.57. The molecule has 0 N–H and O–H groups in total. The maximum Gasteiger partial charge on any atom is 0.157 e. The number of hydrogen-bond acceptors (Lipinski definition) is 4. The molecule has 2 rings (SSSR count). The van der Waals surface area contributed by atoms with Gasteiger partial charge in [0, 0.05) is 12.6 Å². The van der Waals surface area contributed by atoms with Crippen LogP contribution < -0.4 is 0 Å². The molecule has 16 heavy (non-hydrogen) atoms. The molecule has 0 aromatic rings. The second kappa shape index (κ2) is 4.20. The van der Waals surface area contributed by atoms with Gasteiger partial charge in [-0.05, 0) is 33.6 Å². The van der Waals surface area contributed by atoms with E-state index >= 15 is 0 Å². The van der Waals surface area contributed by atoms with Crippen molar-refractivity contribution in [2.45, 2.75) is 50.5 Å². The molecule has 2 saturated heterocycles. The normalized spacial score (nSPS) is 33.4. The molecule has 3 atom stereocenters. The van der Waals surface area contributed by atoms with E-state index in [1.165, 1.54) is 6.42 Å². The van der Waals surface area contributed by atoms with Gasteiger partial charge in [-0.2, -0.15) is 0 Å². The van der Waals surface area contributed by atoms with E-state index in [9.17, 15) is 8.42 Å². The van der Waals surface area contributed by atoms with E-state index in [0.29, 0.717) is 15.0 Å². The zero-order chi connectivity index (χ0) is 12.0. The molecule has 6 heteroatoms. The number of rotatable bonds is 2. The van der Waals surface area contributed by atoms with E-state index in [2.05, 4.69) is 4.67 Å². The van der Waals surface area contributed by atoms with Crippen molar-refractivity contribution in [3.05, 3.63) is 0 Å². The van der Waals surface area contributed by atoms with Gasteiger partial charge < -0.3 is 4.52 Å². The van der Waals surface area contributed by atoms with Gasteiger partial charge in [0.25, 0.3) is 0 Å². The lowest BCUT2D eigenvalue weighted by atomic mass is 10.1. The summed E-state index contributed by atoms with van der Waals surface area (Å²) < 4.78 is 31.4. The molecule has 0 aromatic heterocycles. The van der Waals surface area contributed by atoms with Crippen molar-refractivity contribution >= 4 is 18.8 Å². The minimum Gasteiger partial charge on any atom is -0.340 e. The monoisotopic (exact) mass is 265 g/mol. The van der Waals surface area contributed by atoms with Gasteiger partial charge in [0.2, 0.25) is 0 Å². The van der Waals surface area contributed by atoms with E-state index in [1.54, 1.807) is 20.8 Å². The van der Waals surface area contributed by atoms with Crippen LogP contribution in [0.4, 0.5) is 0 Å². The van der Waals surface area contributed by atoms with Gasteiger partial charge in [-0.3, -0.25) is 4.67 Å². The summed E-state index contributed by atoms with van der Waals surface area (Å²) in [4.78, 5) is 0. The van der Waals surface area contributed by atoms with Gasteiger partial charge in [0.05, 0.1) is 25.6 Å². The third-order valence-electron chi connectivity index (χ3n) is 3.37. The first kappa shape index (κ1) is 12.7. The molecule has 0 aromatic carbocycles. The van der Waals surface area contributed by atoms with Crippen LogP contribution >= 0.6 is 8.96 Å². The van der Waals surface area contributed by atoms with Crippen LogP contribution in [0.3, 0.4) is 0 Å². The van der Waals surface area contributed by atoms with Crippen molar-refractivity contribution in [3.63, 3.8) is 0 Å². The third kappa shape index (κ3) is 2.28. The predicted molar refractivity (Wildman–Crippen MR) is 66.5 cm³/mol. The average Bonchev–Trinajstić information content (AvgIpc) is 2.67. The van der Waals surface area contributed by atoms with Gasteiger partial charge in [-0.15, -0.1) is 0 Å². The molecule has 0 aliphatic carbocycles. The minimum absolute atomic E-state index is 0.106. The largest absolute Gasteiger partial charge is 0.340 e. The minimum atomic E-state index is -3.07. The zero-order valence-electron chi connectivity index (χ0n) is 10.1. The molecule has 1 unspecified atom stereocenters. The summed E-state index contributed by atoms with van der Waals surface area (Å²) in [6.45, 7) is 6.33. The van der Waals surface area contributed by atoms with Crippen LogP contribution in [0, 0.1) is 0 Å². The summed E-state index contributed by atoms with van der Waals surface area (Å²) in [5.74, 6) is 0.171. The molecule has 4 nitrogen and oxygen atoms in total. The Balaban J connectivity index is 2.06. The first-order valence-electron chi connectivity index (χ1n) is 5.71. The Labute approximate surface area is 99.6 Å². The Morgan fingerprint density at radius 1 is 1.44 bits per heavy atom. The van der Waals surface area contributed by atoms with Crippen molar-refractivity contribution in [2.75, 3.05) is 12.3 Å². The number of sulfone groups is 1. The van der Waals surface area contributed by atoms with Gasteiger partial charge >= 0.3 is 0 Å². The highest BCUT2D eigenvalue weighted by Crippen LogP contribution is 2.42. The first-order valence-corrected chi connectivity index (χ1v) is 8.22. The van der Waals surface area contributed by atoms with Gasteiger partial charge in [-0.1, -0.05) is 0 Å². The first-order chi connectivity index (χ1) is 7.31. The van der Waals surface area contributed by atoms with Crippen molar-refractivity contribution in [1.82, 2.24) is 4.67 Å². The lowest BCUT2D eigenvalue weighted by molar-refractivity contribution is 0.235. The maximum absolute atomic E-state index is 12.1. The van der Waals surface area contributed by atoms with Crippen molar-refractivity contribution in [1.29, 1.82) is 0 Å². The SMILES string of the molecule is CC(C)(C)S(=O)(=O)C[C@H]1OPN2CCC[C@@H]12. The molecule has 2 heterocycles. The molecule has 0 spiro atoms. The summed E-state index contributed by atoms with van der Waals surface area (Å²) in [6, 6.07) is 0.343. The Kier molecular flexibility index (Phi) is 3.35. The third-order valence-corrected chi connectivity index (χ3v) is 7.20. The zero-order valence-corrected chi connectivity index (χ0v) is 11.9. The maximum atomic E-state index is 12.1. The van der Waals surface area contributed by atoms with E-state index < -0.39 is 14.6 Å². The summed E-state index contributed by atoms with van der Waals surface area (Å²) in [5.41, 5.74) is 0. The Bertz CT molecular complexity index is 363. The second-order valence-electron chi connectivity index (χ2n) is 5.54. The van der Waals surface area contributed by atoms with Crippen LogP contribution in [0.5, 0.6) is 0 Å². The molecule has 0 amide bonds. The van der Waals surface area contributed by atoms with Crippen LogP contribution in [0.25, 0.3) is 0 Å². The molecule has 0 saturated carbocycles. The van der Waals surface area contributed by atoms with Crippen LogP contribution in [0.1, 0.15) is 33.6 Å². The van der Waals surface area contributed by atoms with Crippen LogP contribution in [0.2, 0.25) is 0 Å². The van der Waals surface area contributed by atoms with Crippen LogP contribution in [-0.4, -0.2) is 42.3 Å².